The molecule has 1 amide bonds. The number of amides is 1. The molecule has 1 aromatic carbocycles. The van der Waals surface area contributed by atoms with Gasteiger partial charge in [-0.05, 0) is 31.2 Å². The zero-order valence-corrected chi connectivity index (χ0v) is 17.9. The van der Waals surface area contributed by atoms with Gasteiger partial charge in [0.1, 0.15) is 11.6 Å². The Morgan fingerprint density at radius 1 is 1.27 bits per heavy atom. The third-order valence-electron chi connectivity index (χ3n) is 4.22. The van der Waals surface area contributed by atoms with Crippen LogP contribution in [0.5, 0.6) is 0 Å². The Morgan fingerprint density at radius 3 is 2.83 bits per heavy atom. The second kappa shape index (κ2) is 9.14. The van der Waals surface area contributed by atoms with E-state index in [4.69, 9.17) is 10.2 Å². The summed E-state index contributed by atoms with van der Waals surface area (Å²) < 4.78 is 7.40. The molecule has 154 valence electrons. The smallest absolute Gasteiger partial charge is 0.227 e. The zero-order valence-electron chi connectivity index (χ0n) is 16.2. The number of carbonyl (C=O) groups excluding carboxylic acids is 1. The summed E-state index contributed by atoms with van der Waals surface area (Å²) >= 11 is 2.79. The molecule has 0 unspecified atom stereocenters. The van der Waals surface area contributed by atoms with Crippen molar-refractivity contribution in [2.24, 2.45) is 5.73 Å². The third-order valence-corrected chi connectivity index (χ3v) is 6.02. The first-order valence-corrected chi connectivity index (χ1v) is 11.1. The number of nitrogens with one attached hydrogen (secondary N) is 1. The number of anilines is 2. The molecule has 30 heavy (non-hydrogen) atoms. The first-order valence-electron chi connectivity index (χ1n) is 9.20. The van der Waals surface area contributed by atoms with Crippen LogP contribution < -0.4 is 11.1 Å². The highest BCUT2D eigenvalue weighted by molar-refractivity contribution is 7.99. The Kier molecular flexibility index (Phi) is 6.15. The topological polar surface area (TPSA) is 112 Å². The summed E-state index contributed by atoms with van der Waals surface area (Å²) in [4.78, 5) is 15.8. The lowest BCUT2D eigenvalue weighted by Crippen LogP contribution is -2.14. The fraction of sp³-hybridized carbons (Fsp3) is 0.200. The van der Waals surface area contributed by atoms with Gasteiger partial charge in [-0.15, -0.1) is 21.5 Å². The molecule has 0 saturated carbocycles. The molecule has 0 radical (unpaired) electrons. The maximum atomic E-state index is 11.2. The Hall–Kier alpha value is -3.11. The lowest BCUT2D eigenvalue weighted by atomic mass is 10.2. The van der Waals surface area contributed by atoms with Gasteiger partial charge < -0.3 is 15.5 Å². The summed E-state index contributed by atoms with van der Waals surface area (Å²) in [5, 5.41) is 15.3. The van der Waals surface area contributed by atoms with Gasteiger partial charge in [-0.2, -0.15) is 0 Å². The van der Waals surface area contributed by atoms with Crippen LogP contribution in [0.25, 0.3) is 0 Å². The van der Waals surface area contributed by atoms with Gasteiger partial charge in [-0.3, -0.25) is 9.36 Å². The molecule has 0 aliphatic carbocycles. The molecule has 4 aromatic rings. The van der Waals surface area contributed by atoms with E-state index in [9.17, 15) is 4.79 Å². The molecule has 8 nitrogen and oxygen atoms in total. The number of hydrogen-bond donors (Lipinski definition) is 2. The predicted octanol–water partition coefficient (Wildman–Crippen LogP) is 3.60. The molecule has 0 atom stereocenters. The van der Waals surface area contributed by atoms with Gasteiger partial charge in [0.05, 0.1) is 30.7 Å². The molecule has 4 rings (SSSR count). The average molecular weight is 441 g/mol. The van der Waals surface area contributed by atoms with E-state index in [1.54, 1.807) is 6.26 Å². The molecule has 3 heterocycles. The summed E-state index contributed by atoms with van der Waals surface area (Å²) in [5.74, 6) is 1.25. The summed E-state index contributed by atoms with van der Waals surface area (Å²) in [5.41, 5.74) is 8.37. The van der Waals surface area contributed by atoms with Crippen LogP contribution in [-0.4, -0.2) is 31.4 Å². The van der Waals surface area contributed by atoms with E-state index in [0.29, 0.717) is 18.1 Å². The highest BCUT2D eigenvalue weighted by Gasteiger charge is 2.17. The summed E-state index contributed by atoms with van der Waals surface area (Å²) in [6, 6.07) is 11.9. The van der Waals surface area contributed by atoms with Crippen LogP contribution >= 0.6 is 23.1 Å². The van der Waals surface area contributed by atoms with E-state index in [-0.39, 0.29) is 5.75 Å². The van der Waals surface area contributed by atoms with Crippen molar-refractivity contribution in [3.8, 4) is 0 Å². The van der Waals surface area contributed by atoms with E-state index in [1.807, 2.05) is 34.2 Å². The first kappa shape index (κ1) is 20.2. The molecule has 0 aliphatic heterocycles. The van der Waals surface area contributed by atoms with Crippen molar-refractivity contribution in [1.29, 1.82) is 0 Å². The SMILES string of the molecule is Cc1ccc(Nc2nc(Cc3nnc(SCC(N)=O)n3Cc3ccco3)cs2)cc1. The molecule has 0 aliphatic rings. The van der Waals surface area contributed by atoms with E-state index >= 15 is 0 Å². The van der Waals surface area contributed by atoms with Crippen LogP contribution in [0, 0.1) is 6.92 Å². The second-order valence-electron chi connectivity index (χ2n) is 6.63. The number of furan rings is 1. The van der Waals surface area contributed by atoms with E-state index in [1.165, 1.54) is 28.7 Å². The summed E-state index contributed by atoms with van der Waals surface area (Å²) in [6.45, 7) is 2.52. The largest absolute Gasteiger partial charge is 0.467 e. The van der Waals surface area contributed by atoms with Crippen molar-refractivity contribution in [3.05, 3.63) is 70.9 Å². The van der Waals surface area contributed by atoms with Crippen LogP contribution in [0.1, 0.15) is 22.8 Å². The van der Waals surface area contributed by atoms with Crippen molar-refractivity contribution < 1.29 is 9.21 Å². The van der Waals surface area contributed by atoms with Gasteiger partial charge in [0.25, 0.3) is 0 Å². The van der Waals surface area contributed by atoms with Gasteiger partial charge in [-0.25, -0.2) is 4.98 Å². The summed E-state index contributed by atoms with van der Waals surface area (Å²) in [7, 11) is 0. The molecule has 0 spiro atoms. The van der Waals surface area contributed by atoms with Crippen molar-refractivity contribution in [2.75, 3.05) is 11.1 Å². The minimum absolute atomic E-state index is 0.137. The summed E-state index contributed by atoms with van der Waals surface area (Å²) in [6.07, 6.45) is 2.13. The van der Waals surface area contributed by atoms with Crippen LogP contribution in [-0.2, 0) is 17.8 Å². The minimum atomic E-state index is -0.402. The number of rotatable bonds is 9. The predicted molar refractivity (Wildman–Crippen MR) is 117 cm³/mol. The number of thioether (sulfide) groups is 1. The van der Waals surface area contributed by atoms with Crippen molar-refractivity contribution in [2.45, 2.75) is 25.0 Å². The number of hydrogen-bond acceptors (Lipinski definition) is 8. The van der Waals surface area contributed by atoms with Gasteiger partial charge in [-0.1, -0.05) is 29.5 Å². The van der Waals surface area contributed by atoms with Gasteiger partial charge in [0.2, 0.25) is 5.91 Å². The number of thiazole rings is 1. The van der Waals surface area contributed by atoms with Gasteiger partial charge in [0.15, 0.2) is 10.3 Å². The van der Waals surface area contributed by atoms with Gasteiger partial charge in [0, 0.05) is 11.1 Å². The molecular weight excluding hydrogens is 420 g/mol. The molecule has 0 bridgehead atoms. The van der Waals surface area contributed by atoms with Crippen LogP contribution in [0.15, 0.2) is 57.6 Å². The zero-order chi connectivity index (χ0) is 20.9. The number of nitrogens with zero attached hydrogens (tertiary/aromatic N) is 4. The normalized spacial score (nSPS) is 11.0. The Balaban J connectivity index is 1.51. The standard InChI is InChI=1S/C20H20N6O2S2/c1-13-4-6-14(7-5-13)22-19-23-15(11-29-19)9-18-24-25-20(30-12-17(21)27)26(18)10-16-3-2-8-28-16/h2-8,11H,9-10,12H2,1H3,(H2,21,27)(H,22,23). The first-order chi connectivity index (χ1) is 14.6. The monoisotopic (exact) mass is 440 g/mol. The van der Waals surface area contributed by atoms with E-state index in [2.05, 4.69) is 39.6 Å². The lowest BCUT2D eigenvalue weighted by Gasteiger charge is -2.07. The van der Waals surface area contributed by atoms with E-state index < -0.39 is 5.91 Å². The molecule has 3 aromatic heterocycles. The maximum Gasteiger partial charge on any atom is 0.227 e. The average Bonchev–Trinajstić information content (AvgIpc) is 3.46. The Bertz CT molecular complexity index is 1120. The Labute approximate surface area is 181 Å². The fourth-order valence-electron chi connectivity index (χ4n) is 2.78. The number of carbonyl (C=O) groups is 1. The van der Waals surface area contributed by atoms with Crippen LogP contribution in [0.3, 0.4) is 0 Å². The molecule has 0 fully saturated rings. The molecule has 0 saturated heterocycles. The van der Waals surface area contributed by atoms with Crippen LogP contribution in [0.4, 0.5) is 10.8 Å². The van der Waals surface area contributed by atoms with Crippen LogP contribution in [0.2, 0.25) is 0 Å². The van der Waals surface area contributed by atoms with Gasteiger partial charge >= 0.3 is 0 Å². The van der Waals surface area contributed by atoms with Crippen molar-refractivity contribution >= 4 is 39.8 Å². The van der Waals surface area contributed by atoms with Crippen molar-refractivity contribution in [3.63, 3.8) is 0 Å². The number of nitrogens with two attached hydrogens (primary N) is 1. The van der Waals surface area contributed by atoms with E-state index in [0.717, 1.165) is 28.1 Å². The highest BCUT2D eigenvalue weighted by Crippen LogP contribution is 2.24. The molecule has 3 N–H and O–H groups in total. The number of benzene rings is 1. The van der Waals surface area contributed by atoms with Crippen molar-refractivity contribution in [1.82, 2.24) is 19.7 Å². The number of aromatic nitrogens is 4. The lowest BCUT2D eigenvalue weighted by molar-refractivity contribution is -0.115. The molecule has 10 heteroatoms. The maximum absolute atomic E-state index is 11.2. The number of primary amides is 1. The minimum Gasteiger partial charge on any atom is -0.467 e. The molecular formula is C20H20N6O2S2. The third kappa shape index (κ3) is 5.08. The fourth-order valence-corrected chi connectivity index (χ4v) is 4.20. The second-order valence-corrected chi connectivity index (χ2v) is 8.43. The quantitative estimate of drug-likeness (QED) is 0.382. The number of aryl methyl sites for hydroxylation is 1. The Morgan fingerprint density at radius 2 is 2.10 bits per heavy atom. The highest BCUT2D eigenvalue weighted by atomic mass is 32.2.